The fourth-order valence-electron chi connectivity index (χ4n) is 2.64. The Morgan fingerprint density at radius 2 is 2.04 bits per heavy atom. The molecule has 0 atom stereocenters. The first-order valence-electron chi connectivity index (χ1n) is 8.30. The second-order valence-corrected chi connectivity index (χ2v) is 5.87. The Morgan fingerprint density at radius 3 is 2.73 bits per heavy atom. The molecule has 1 aromatic carbocycles. The molecule has 1 N–H and O–H groups in total. The van der Waals surface area contributed by atoms with E-state index in [9.17, 15) is 9.59 Å². The number of rotatable bonds is 7. The zero-order chi connectivity index (χ0) is 18.4. The monoisotopic (exact) mass is 353 g/mol. The van der Waals surface area contributed by atoms with Crippen molar-refractivity contribution < 1.29 is 9.21 Å². The molecule has 26 heavy (non-hydrogen) atoms. The van der Waals surface area contributed by atoms with Crippen LogP contribution < -0.4 is 10.9 Å². The number of tetrazole rings is 1. The molecule has 1 amide bonds. The molecule has 0 aliphatic carbocycles. The van der Waals surface area contributed by atoms with Crippen LogP contribution in [0.5, 0.6) is 0 Å². The van der Waals surface area contributed by atoms with Crippen molar-refractivity contribution in [2.24, 2.45) is 0 Å². The van der Waals surface area contributed by atoms with Crippen LogP contribution in [0.3, 0.4) is 0 Å². The molecule has 0 aliphatic rings. The van der Waals surface area contributed by atoms with Gasteiger partial charge in [-0.2, -0.15) is 0 Å². The van der Waals surface area contributed by atoms with Crippen LogP contribution in [-0.2, 0) is 19.4 Å². The zero-order valence-electron chi connectivity index (χ0n) is 14.4. The lowest BCUT2D eigenvalue weighted by atomic mass is 10.1. The number of nitrogens with one attached hydrogen (secondary N) is 1. The van der Waals surface area contributed by atoms with Gasteiger partial charge in [-0.15, -0.1) is 5.10 Å². The normalized spacial score (nSPS) is 10.7. The van der Waals surface area contributed by atoms with Gasteiger partial charge in [-0.05, 0) is 41.0 Å². The summed E-state index contributed by atoms with van der Waals surface area (Å²) in [6.07, 6.45) is 2.81. The van der Waals surface area contributed by atoms with E-state index in [0.29, 0.717) is 30.8 Å². The predicted octanol–water partition coefficient (Wildman–Crippen LogP) is 1.15. The zero-order valence-corrected chi connectivity index (χ0v) is 14.4. The Morgan fingerprint density at radius 1 is 1.23 bits per heavy atom. The lowest BCUT2D eigenvalue weighted by Gasteiger charge is -2.08. The number of benzene rings is 1. The van der Waals surface area contributed by atoms with Crippen LogP contribution >= 0.6 is 0 Å². The molecule has 0 spiro atoms. The molecule has 0 bridgehead atoms. The smallest absolute Gasteiger partial charge is 0.349 e. The molecule has 0 saturated heterocycles. The molecule has 8 heteroatoms. The fraction of sp³-hybridized carbons (Fsp3) is 0.278. The largest absolute Gasteiger partial charge is 0.427 e. The Kier molecular flexibility index (Phi) is 5.52. The van der Waals surface area contributed by atoms with Crippen molar-refractivity contribution in [2.45, 2.75) is 26.3 Å². The van der Waals surface area contributed by atoms with Crippen LogP contribution in [0.25, 0.3) is 0 Å². The molecule has 0 radical (unpaired) electrons. The van der Waals surface area contributed by atoms with Crippen molar-refractivity contribution in [1.29, 1.82) is 0 Å². The quantitative estimate of drug-likeness (QED) is 0.683. The third-order valence-corrected chi connectivity index (χ3v) is 3.95. The third kappa shape index (κ3) is 4.41. The maximum atomic E-state index is 12.3. The highest BCUT2D eigenvalue weighted by molar-refractivity contribution is 5.95. The van der Waals surface area contributed by atoms with Gasteiger partial charge in [0.1, 0.15) is 17.7 Å². The molecule has 3 aromatic rings. The van der Waals surface area contributed by atoms with Gasteiger partial charge in [0.2, 0.25) is 0 Å². The van der Waals surface area contributed by atoms with Crippen LogP contribution in [0, 0.1) is 6.92 Å². The second kappa shape index (κ2) is 8.19. The lowest BCUT2D eigenvalue weighted by Crippen LogP contribution is -2.32. The third-order valence-electron chi connectivity index (χ3n) is 3.95. The van der Waals surface area contributed by atoms with Gasteiger partial charge in [0.25, 0.3) is 5.91 Å². The summed E-state index contributed by atoms with van der Waals surface area (Å²) in [7, 11) is 0. The van der Waals surface area contributed by atoms with Crippen LogP contribution in [0.4, 0.5) is 0 Å². The van der Waals surface area contributed by atoms with Gasteiger partial charge >= 0.3 is 5.63 Å². The molecule has 0 fully saturated rings. The van der Waals surface area contributed by atoms with E-state index in [4.69, 9.17) is 4.42 Å². The van der Waals surface area contributed by atoms with E-state index in [2.05, 4.69) is 20.8 Å². The average molecular weight is 353 g/mol. The summed E-state index contributed by atoms with van der Waals surface area (Å²) in [4.78, 5) is 24.5. The summed E-state index contributed by atoms with van der Waals surface area (Å²) in [5.41, 5.74) is 1.18. The van der Waals surface area contributed by atoms with E-state index >= 15 is 0 Å². The Hall–Kier alpha value is -3.29. The van der Waals surface area contributed by atoms with Crippen LogP contribution in [0.2, 0.25) is 0 Å². The van der Waals surface area contributed by atoms with E-state index in [1.54, 1.807) is 13.0 Å². The topological polar surface area (TPSA) is 103 Å². The van der Waals surface area contributed by atoms with Crippen molar-refractivity contribution >= 4 is 5.91 Å². The summed E-state index contributed by atoms with van der Waals surface area (Å²) >= 11 is 0. The van der Waals surface area contributed by atoms with Crippen LogP contribution in [0.15, 0.2) is 51.9 Å². The van der Waals surface area contributed by atoms with E-state index in [1.807, 2.05) is 30.3 Å². The maximum Gasteiger partial charge on any atom is 0.349 e. The van der Waals surface area contributed by atoms with Gasteiger partial charge < -0.3 is 9.73 Å². The summed E-state index contributed by atoms with van der Waals surface area (Å²) in [6.45, 7) is 2.45. The minimum atomic E-state index is -0.618. The number of nitrogens with zero attached hydrogens (tertiary/aromatic N) is 4. The number of hydrogen-bond donors (Lipinski definition) is 1. The SMILES string of the molecule is Cc1cc(CCc2ccccc2)oc(=O)c1C(=O)NCCn1cnnn1. The molecule has 0 aliphatic heterocycles. The van der Waals surface area contributed by atoms with Gasteiger partial charge in [-0.3, -0.25) is 4.79 Å². The Bertz CT molecular complexity index is 920. The van der Waals surface area contributed by atoms with E-state index in [0.717, 1.165) is 12.0 Å². The number of amides is 1. The van der Waals surface area contributed by atoms with Crippen LogP contribution in [-0.4, -0.2) is 32.7 Å². The summed E-state index contributed by atoms with van der Waals surface area (Å²) in [5, 5.41) is 13.4. The summed E-state index contributed by atoms with van der Waals surface area (Å²) in [5.74, 6) is 0.112. The number of aromatic nitrogens is 4. The number of carbonyl (C=O) groups is 1. The fourth-order valence-corrected chi connectivity index (χ4v) is 2.64. The first kappa shape index (κ1) is 17.5. The molecule has 2 heterocycles. The number of carbonyl (C=O) groups excluding carboxylic acids is 1. The van der Waals surface area contributed by atoms with Gasteiger partial charge in [-0.25, -0.2) is 9.48 Å². The van der Waals surface area contributed by atoms with Crippen LogP contribution in [0.1, 0.15) is 27.2 Å². The summed E-state index contributed by atoms with van der Waals surface area (Å²) in [6, 6.07) is 11.7. The number of aryl methyl sites for hydroxylation is 3. The second-order valence-electron chi connectivity index (χ2n) is 5.87. The van der Waals surface area contributed by atoms with Gasteiger partial charge in [0, 0.05) is 13.0 Å². The van der Waals surface area contributed by atoms with E-state index in [1.165, 1.54) is 11.0 Å². The highest BCUT2D eigenvalue weighted by Crippen LogP contribution is 2.10. The van der Waals surface area contributed by atoms with Crippen molar-refractivity contribution in [3.8, 4) is 0 Å². The van der Waals surface area contributed by atoms with Gasteiger partial charge in [0.15, 0.2) is 0 Å². The molecule has 0 saturated carbocycles. The maximum absolute atomic E-state index is 12.3. The first-order valence-corrected chi connectivity index (χ1v) is 8.30. The first-order chi connectivity index (χ1) is 12.6. The van der Waals surface area contributed by atoms with Gasteiger partial charge in [-0.1, -0.05) is 30.3 Å². The van der Waals surface area contributed by atoms with Crippen molar-refractivity contribution in [2.75, 3.05) is 6.54 Å². The molecular formula is C18H19N5O3. The molecule has 2 aromatic heterocycles. The Labute approximate surface area is 149 Å². The standard InChI is InChI=1S/C18H19N5O3/c1-13-11-15(8-7-14-5-3-2-4-6-14)26-18(25)16(13)17(24)19-9-10-23-12-20-21-22-23/h2-6,11-12H,7-10H2,1H3,(H,19,24). The van der Waals surface area contributed by atoms with Crippen molar-refractivity contribution in [3.05, 3.63) is 75.6 Å². The minimum Gasteiger partial charge on any atom is -0.427 e. The van der Waals surface area contributed by atoms with Crippen molar-refractivity contribution in [3.63, 3.8) is 0 Å². The minimum absolute atomic E-state index is 0.0326. The van der Waals surface area contributed by atoms with Crippen molar-refractivity contribution in [1.82, 2.24) is 25.5 Å². The average Bonchev–Trinajstić information content (AvgIpc) is 3.14. The molecular weight excluding hydrogens is 334 g/mol. The van der Waals surface area contributed by atoms with E-state index in [-0.39, 0.29) is 5.56 Å². The number of hydrogen-bond acceptors (Lipinski definition) is 6. The molecule has 0 unspecified atom stereocenters. The molecule has 8 nitrogen and oxygen atoms in total. The molecule has 134 valence electrons. The molecule has 3 rings (SSSR count). The summed E-state index contributed by atoms with van der Waals surface area (Å²) < 4.78 is 6.82. The lowest BCUT2D eigenvalue weighted by molar-refractivity contribution is 0.0946. The predicted molar refractivity (Wildman–Crippen MR) is 93.7 cm³/mol. The van der Waals surface area contributed by atoms with Gasteiger partial charge in [0.05, 0.1) is 6.54 Å². The Balaban J connectivity index is 1.62. The highest BCUT2D eigenvalue weighted by Gasteiger charge is 2.16. The van der Waals surface area contributed by atoms with E-state index < -0.39 is 11.5 Å². The highest BCUT2D eigenvalue weighted by atomic mass is 16.4.